The fourth-order valence-electron chi connectivity index (χ4n) is 3.48. The van der Waals surface area contributed by atoms with E-state index in [2.05, 4.69) is 23.3 Å². The van der Waals surface area contributed by atoms with Gasteiger partial charge in [0.1, 0.15) is 6.61 Å². The number of ether oxygens (including phenoxy) is 1. The molecule has 2 aromatic rings. The van der Waals surface area contributed by atoms with Crippen LogP contribution in [0.3, 0.4) is 0 Å². The maximum atomic E-state index is 12.9. The van der Waals surface area contributed by atoms with E-state index in [-0.39, 0.29) is 18.3 Å². The second-order valence-electron chi connectivity index (χ2n) is 7.44. The van der Waals surface area contributed by atoms with Crippen LogP contribution in [0.2, 0.25) is 5.02 Å². The molecule has 1 aliphatic heterocycles. The number of halogens is 1. The molecule has 6 nitrogen and oxygen atoms in total. The summed E-state index contributed by atoms with van der Waals surface area (Å²) in [4.78, 5) is 25.3. The van der Waals surface area contributed by atoms with Crippen LogP contribution in [-0.4, -0.2) is 24.2 Å². The van der Waals surface area contributed by atoms with Gasteiger partial charge in [-0.2, -0.15) is 5.26 Å². The zero-order valence-corrected chi connectivity index (χ0v) is 20.2. The summed E-state index contributed by atoms with van der Waals surface area (Å²) >= 11 is 7.27. The molecule has 0 aliphatic carbocycles. The van der Waals surface area contributed by atoms with Crippen LogP contribution >= 0.6 is 23.4 Å². The molecule has 0 saturated carbocycles. The van der Waals surface area contributed by atoms with E-state index >= 15 is 0 Å². The van der Waals surface area contributed by atoms with Crippen LogP contribution in [0.5, 0.6) is 0 Å². The van der Waals surface area contributed by atoms with Crippen molar-refractivity contribution in [3.8, 4) is 6.07 Å². The van der Waals surface area contributed by atoms with Gasteiger partial charge >= 0.3 is 5.97 Å². The minimum Gasteiger partial charge on any atom is -0.458 e. The van der Waals surface area contributed by atoms with E-state index in [0.717, 1.165) is 11.1 Å². The molecule has 8 heteroatoms. The quantitative estimate of drug-likeness (QED) is 0.384. The summed E-state index contributed by atoms with van der Waals surface area (Å²) in [6, 6.07) is 18.8. The Morgan fingerprint density at radius 2 is 1.94 bits per heavy atom. The Hall–Kier alpha value is -3.47. The molecule has 0 saturated heterocycles. The van der Waals surface area contributed by atoms with Crippen LogP contribution in [0.25, 0.3) is 0 Å². The van der Waals surface area contributed by atoms with Crippen molar-refractivity contribution in [3.63, 3.8) is 0 Å². The van der Waals surface area contributed by atoms with E-state index in [1.165, 1.54) is 17.8 Å². The summed E-state index contributed by atoms with van der Waals surface area (Å²) in [5.41, 5.74) is 2.94. The van der Waals surface area contributed by atoms with Gasteiger partial charge in [0.05, 0.1) is 33.9 Å². The average molecular weight is 494 g/mol. The number of benzene rings is 2. The van der Waals surface area contributed by atoms with Crippen molar-refractivity contribution < 1.29 is 14.3 Å². The van der Waals surface area contributed by atoms with Gasteiger partial charge in [-0.15, -0.1) is 0 Å². The Morgan fingerprint density at radius 1 is 1.24 bits per heavy atom. The van der Waals surface area contributed by atoms with Crippen LogP contribution < -0.4 is 10.6 Å². The van der Waals surface area contributed by atoms with Gasteiger partial charge in [0, 0.05) is 17.3 Å². The van der Waals surface area contributed by atoms with Gasteiger partial charge in [0.15, 0.2) is 0 Å². The van der Waals surface area contributed by atoms with Crippen LogP contribution in [0.4, 0.5) is 0 Å². The number of dihydropyridines is 1. The van der Waals surface area contributed by atoms with E-state index in [1.54, 1.807) is 31.2 Å². The van der Waals surface area contributed by atoms with E-state index in [0.29, 0.717) is 33.4 Å². The molecule has 0 unspecified atom stereocenters. The smallest absolute Gasteiger partial charge is 0.337 e. The number of nitrogens with one attached hydrogen (secondary N) is 2. The molecule has 0 fully saturated rings. The van der Waals surface area contributed by atoms with E-state index in [1.807, 2.05) is 30.3 Å². The molecule has 1 amide bonds. The zero-order chi connectivity index (χ0) is 24.5. The number of carbonyl (C=O) groups is 2. The Bertz CT molecular complexity index is 1170. The second-order valence-corrected chi connectivity index (χ2v) is 8.86. The highest BCUT2D eigenvalue weighted by molar-refractivity contribution is 8.03. The lowest BCUT2D eigenvalue weighted by Crippen LogP contribution is -2.30. The maximum absolute atomic E-state index is 12.9. The molecular formula is C26H24ClN3O3S. The first kappa shape index (κ1) is 25.2. The molecule has 174 valence electrons. The lowest BCUT2D eigenvalue weighted by Gasteiger charge is -2.29. The van der Waals surface area contributed by atoms with Crippen molar-refractivity contribution in [2.24, 2.45) is 0 Å². The molecule has 0 bridgehead atoms. The predicted octanol–water partition coefficient (Wildman–Crippen LogP) is 4.81. The van der Waals surface area contributed by atoms with Gasteiger partial charge < -0.3 is 15.4 Å². The first-order chi connectivity index (χ1) is 16.4. The molecule has 1 aliphatic rings. The number of thioether (sulfide) groups is 1. The number of hydrogen-bond donors (Lipinski definition) is 2. The number of nitrogens with zero attached hydrogens (tertiary/aromatic N) is 1. The Labute approximate surface area is 208 Å². The minimum absolute atomic E-state index is 0.0533. The molecule has 1 heterocycles. The number of allylic oxidation sites excluding steroid dienone is 2. The number of hydrogen-bond acceptors (Lipinski definition) is 6. The third-order valence-electron chi connectivity index (χ3n) is 5.08. The highest BCUT2D eigenvalue weighted by Crippen LogP contribution is 2.41. The van der Waals surface area contributed by atoms with Gasteiger partial charge in [0.2, 0.25) is 5.91 Å². The zero-order valence-electron chi connectivity index (χ0n) is 18.6. The van der Waals surface area contributed by atoms with E-state index in [4.69, 9.17) is 16.3 Å². The predicted molar refractivity (Wildman–Crippen MR) is 135 cm³/mol. The highest BCUT2D eigenvalue weighted by atomic mass is 35.5. The summed E-state index contributed by atoms with van der Waals surface area (Å²) in [5, 5.41) is 17.1. The molecule has 3 rings (SSSR count). The molecule has 2 aromatic carbocycles. The first-order valence-electron chi connectivity index (χ1n) is 10.5. The Kier molecular flexibility index (Phi) is 8.97. The summed E-state index contributed by atoms with van der Waals surface area (Å²) in [6.45, 7) is 5.80. The standard InChI is InChI=1S/C26H24ClN3O3S/c1-3-13-33-26(32)23-17(2)30-25(21(14-28)24(23)19-9-11-20(27)12-10-19)34-16-22(31)29-15-18-7-5-4-6-8-18/h3-12,24,30H,1,13,15-16H2,2H3,(H,29,31)/t24-/m1/s1. The van der Waals surface area contributed by atoms with Crippen molar-refractivity contribution in [1.29, 1.82) is 5.26 Å². The largest absolute Gasteiger partial charge is 0.458 e. The molecule has 0 spiro atoms. The van der Waals surface area contributed by atoms with Crippen molar-refractivity contribution in [2.75, 3.05) is 12.4 Å². The van der Waals surface area contributed by atoms with Gasteiger partial charge in [0.25, 0.3) is 0 Å². The third-order valence-corrected chi connectivity index (χ3v) is 6.35. The first-order valence-corrected chi connectivity index (χ1v) is 11.9. The van der Waals surface area contributed by atoms with Crippen molar-refractivity contribution >= 4 is 35.2 Å². The molecular weight excluding hydrogens is 470 g/mol. The van der Waals surface area contributed by atoms with E-state index < -0.39 is 11.9 Å². The van der Waals surface area contributed by atoms with Crippen molar-refractivity contribution in [1.82, 2.24) is 10.6 Å². The summed E-state index contributed by atoms with van der Waals surface area (Å²) < 4.78 is 5.29. The summed E-state index contributed by atoms with van der Waals surface area (Å²) in [7, 11) is 0. The molecule has 0 radical (unpaired) electrons. The Balaban J connectivity index is 1.84. The van der Waals surface area contributed by atoms with Gasteiger partial charge in [-0.25, -0.2) is 4.79 Å². The fourth-order valence-corrected chi connectivity index (χ4v) is 4.53. The molecule has 1 atom stereocenters. The minimum atomic E-state index is -0.657. The number of nitriles is 1. The van der Waals surface area contributed by atoms with Crippen LogP contribution in [0, 0.1) is 11.3 Å². The topological polar surface area (TPSA) is 91.2 Å². The highest BCUT2D eigenvalue weighted by Gasteiger charge is 2.35. The van der Waals surface area contributed by atoms with Crippen molar-refractivity contribution in [3.05, 3.63) is 105 Å². The van der Waals surface area contributed by atoms with E-state index in [9.17, 15) is 14.9 Å². The number of amides is 1. The maximum Gasteiger partial charge on any atom is 0.337 e. The molecule has 34 heavy (non-hydrogen) atoms. The van der Waals surface area contributed by atoms with Crippen LogP contribution in [-0.2, 0) is 20.9 Å². The van der Waals surface area contributed by atoms with Crippen LogP contribution in [0.15, 0.2) is 89.1 Å². The third kappa shape index (κ3) is 6.31. The lowest BCUT2D eigenvalue weighted by molar-refractivity contribution is -0.138. The Morgan fingerprint density at radius 3 is 2.59 bits per heavy atom. The van der Waals surface area contributed by atoms with Crippen molar-refractivity contribution in [2.45, 2.75) is 19.4 Å². The van der Waals surface area contributed by atoms with Crippen LogP contribution in [0.1, 0.15) is 24.0 Å². The number of rotatable bonds is 9. The second kappa shape index (κ2) is 12.1. The van der Waals surface area contributed by atoms with Gasteiger partial charge in [-0.3, -0.25) is 4.79 Å². The van der Waals surface area contributed by atoms with Gasteiger partial charge in [-0.1, -0.05) is 78.5 Å². The fraction of sp³-hybridized carbons (Fsp3) is 0.192. The SMILES string of the molecule is C=CCOC(=O)C1=C(C)NC(SCC(=O)NCc2ccccc2)=C(C#N)[C@H]1c1ccc(Cl)cc1. The molecule has 0 aromatic heterocycles. The average Bonchev–Trinajstić information content (AvgIpc) is 2.85. The molecule has 2 N–H and O–H groups in total. The normalized spacial score (nSPS) is 15.3. The summed E-state index contributed by atoms with van der Waals surface area (Å²) in [5.74, 6) is -1.25. The number of esters is 1. The monoisotopic (exact) mass is 493 g/mol. The summed E-state index contributed by atoms with van der Waals surface area (Å²) in [6.07, 6.45) is 1.48. The number of carbonyl (C=O) groups excluding carboxylic acids is 2. The lowest BCUT2D eigenvalue weighted by atomic mass is 9.82. The van der Waals surface area contributed by atoms with Gasteiger partial charge in [-0.05, 0) is 30.2 Å².